The molecule has 21 heavy (non-hydrogen) atoms. The van der Waals surface area contributed by atoms with E-state index in [0.29, 0.717) is 0 Å². The molecular weight excluding hydrogens is 266 g/mol. The van der Waals surface area contributed by atoms with Crippen molar-refractivity contribution in [3.8, 4) is 0 Å². The smallest absolute Gasteiger partial charge is 0.407 e. The third-order valence-electron chi connectivity index (χ3n) is 3.84. The molecule has 1 aromatic rings. The second kappa shape index (κ2) is 7.31. The van der Waals surface area contributed by atoms with Crippen LogP contribution >= 0.6 is 0 Å². The minimum atomic E-state index is -0.348. The largest absolute Gasteiger partial charge is 0.453 e. The molecule has 1 fully saturated rings. The van der Waals surface area contributed by atoms with Crippen LogP contribution in [-0.4, -0.2) is 38.9 Å². The first kappa shape index (κ1) is 15.6. The molecule has 0 saturated carbocycles. The van der Waals surface area contributed by atoms with Gasteiger partial charge in [0, 0.05) is 25.3 Å². The van der Waals surface area contributed by atoms with Crippen molar-refractivity contribution in [1.29, 1.82) is 0 Å². The highest BCUT2D eigenvalue weighted by Gasteiger charge is 2.25. The summed E-state index contributed by atoms with van der Waals surface area (Å²) in [7, 11) is 1.40. The first-order valence-corrected chi connectivity index (χ1v) is 7.53. The van der Waals surface area contributed by atoms with Crippen LogP contribution in [0.2, 0.25) is 0 Å². The average molecular weight is 291 g/mol. The summed E-state index contributed by atoms with van der Waals surface area (Å²) in [5.74, 6) is 0. The zero-order chi connectivity index (χ0) is 15.2. The normalized spacial score (nSPS) is 17.9. The number of amides is 1. The topological polar surface area (TPSA) is 53.6 Å². The lowest BCUT2D eigenvalue weighted by Gasteiger charge is -2.23. The van der Waals surface area contributed by atoms with Crippen molar-refractivity contribution in [2.24, 2.45) is 0 Å². The van der Waals surface area contributed by atoms with Gasteiger partial charge in [-0.1, -0.05) is 24.6 Å². The van der Waals surface area contributed by atoms with Crippen LogP contribution in [0.4, 0.5) is 10.5 Å². The van der Waals surface area contributed by atoms with E-state index < -0.39 is 0 Å². The van der Waals surface area contributed by atoms with Crippen LogP contribution in [0.5, 0.6) is 0 Å². The zero-order valence-corrected chi connectivity index (χ0v) is 13.1. The number of hydrogen-bond donors (Lipinski definition) is 2. The number of rotatable bonds is 5. The molecule has 5 heteroatoms. The number of hydrogen-bond acceptors (Lipinski definition) is 4. The Hall–Kier alpha value is -1.75. The maximum Gasteiger partial charge on any atom is 0.407 e. The van der Waals surface area contributed by atoms with E-state index in [0.717, 1.165) is 32.6 Å². The van der Waals surface area contributed by atoms with Crippen molar-refractivity contribution in [3.05, 3.63) is 29.3 Å². The fraction of sp³-hybridized carbons (Fsp3) is 0.562. The molecule has 1 saturated heterocycles. The van der Waals surface area contributed by atoms with Crippen molar-refractivity contribution >= 4 is 11.8 Å². The monoisotopic (exact) mass is 291 g/mol. The predicted molar refractivity (Wildman–Crippen MR) is 84.7 cm³/mol. The lowest BCUT2D eigenvalue weighted by molar-refractivity contribution is 0.167. The Morgan fingerprint density at radius 2 is 2.29 bits per heavy atom. The van der Waals surface area contributed by atoms with Gasteiger partial charge in [0.2, 0.25) is 0 Å². The molecule has 116 valence electrons. The molecule has 1 atom stereocenters. The second-order valence-corrected chi connectivity index (χ2v) is 5.48. The summed E-state index contributed by atoms with van der Waals surface area (Å²) in [6.07, 6.45) is 0.600. The standard InChI is InChI=1S/C16H25N3O2/c1-4-17-10-13-9-12(2)5-6-15(13)19-8-7-14(11-19)18-16(20)21-3/h5-6,9,14,17H,4,7-8,10-11H2,1-3H3,(H,18,20). The molecule has 1 amide bonds. The predicted octanol–water partition coefficient (Wildman–Crippen LogP) is 2.04. The van der Waals surface area contributed by atoms with Crippen LogP contribution in [-0.2, 0) is 11.3 Å². The van der Waals surface area contributed by atoms with Gasteiger partial charge in [0.15, 0.2) is 0 Å². The Kier molecular flexibility index (Phi) is 5.44. The molecule has 1 aliphatic rings. The van der Waals surface area contributed by atoms with Gasteiger partial charge in [-0.05, 0) is 31.5 Å². The van der Waals surface area contributed by atoms with Crippen LogP contribution in [0.1, 0.15) is 24.5 Å². The summed E-state index contributed by atoms with van der Waals surface area (Å²) in [6.45, 7) is 7.85. The highest BCUT2D eigenvalue weighted by molar-refractivity contribution is 5.67. The molecule has 0 radical (unpaired) electrons. The van der Waals surface area contributed by atoms with Gasteiger partial charge in [0.05, 0.1) is 13.2 Å². The fourth-order valence-electron chi connectivity index (χ4n) is 2.75. The van der Waals surface area contributed by atoms with Gasteiger partial charge in [-0.2, -0.15) is 0 Å². The summed E-state index contributed by atoms with van der Waals surface area (Å²) < 4.78 is 4.67. The Morgan fingerprint density at radius 1 is 1.48 bits per heavy atom. The number of carbonyl (C=O) groups excluding carboxylic acids is 1. The molecule has 1 unspecified atom stereocenters. The number of carbonyl (C=O) groups is 1. The van der Waals surface area contributed by atoms with Crippen molar-refractivity contribution in [1.82, 2.24) is 10.6 Å². The Morgan fingerprint density at radius 3 is 3.00 bits per heavy atom. The Bertz CT molecular complexity index is 490. The van der Waals surface area contributed by atoms with E-state index in [2.05, 4.69) is 52.3 Å². The summed E-state index contributed by atoms with van der Waals surface area (Å²) in [5.41, 5.74) is 3.85. The first-order chi connectivity index (χ1) is 10.1. The average Bonchev–Trinajstić information content (AvgIpc) is 2.93. The van der Waals surface area contributed by atoms with Crippen LogP contribution in [0.15, 0.2) is 18.2 Å². The number of methoxy groups -OCH3 is 1. The molecule has 0 spiro atoms. The van der Waals surface area contributed by atoms with Crippen molar-refractivity contribution < 1.29 is 9.53 Å². The number of ether oxygens (including phenoxy) is 1. The van der Waals surface area contributed by atoms with E-state index in [1.165, 1.54) is 23.9 Å². The minimum Gasteiger partial charge on any atom is -0.453 e. The molecule has 1 aromatic carbocycles. The lowest BCUT2D eigenvalue weighted by atomic mass is 10.1. The third-order valence-corrected chi connectivity index (χ3v) is 3.84. The highest BCUT2D eigenvalue weighted by atomic mass is 16.5. The van der Waals surface area contributed by atoms with E-state index in [9.17, 15) is 4.79 Å². The van der Waals surface area contributed by atoms with Gasteiger partial charge in [-0.15, -0.1) is 0 Å². The first-order valence-electron chi connectivity index (χ1n) is 7.53. The van der Waals surface area contributed by atoms with E-state index in [1.807, 2.05) is 0 Å². The number of nitrogens with one attached hydrogen (secondary N) is 2. The number of aryl methyl sites for hydroxylation is 1. The number of benzene rings is 1. The van der Waals surface area contributed by atoms with Gasteiger partial charge in [0.25, 0.3) is 0 Å². The van der Waals surface area contributed by atoms with E-state index in [-0.39, 0.29) is 12.1 Å². The summed E-state index contributed by atoms with van der Waals surface area (Å²) >= 11 is 0. The molecule has 5 nitrogen and oxygen atoms in total. The SMILES string of the molecule is CCNCc1cc(C)ccc1N1CCC(NC(=O)OC)C1. The van der Waals surface area contributed by atoms with E-state index >= 15 is 0 Å². The van der Waals surface area contributed by atoms with Gasteiger partial charge in [-0.3, -0.25) is 0 Å². The van der Waals surface area contributed by atoms with Crippen LogP contribution in [0, 0.1) is 6.92 Å². The van der Waals surface area contributed by atoms with Gasteiger partial charge in [0.1, 0.15) is 0 Å². The summed E-state index contributed by atoms with van der Waals surface area (Å²) in [6, 6.07) is 6.72. The molecule has 2 rings (SSSR count). The molecule has 1 aliphatic heterocycles. The van der Waals surface area contributed by atoms with Crippen LogP contribution in [0.25, 0.3) is 0 Å². The minimum absolute atomic E-state index is 0.158. The van der Waals surface area contributed by atoms with Crippen molar-refractivity contribution in [2.45, 2.75) is 32.9 Å². The lowest BCUT2D eigenvalue weighted by Crippen LogP contribution is -2.37. The van der Waals surface area contributed by atoms with Gasteiger partial charge < -0.3 is 20.3 Å². The van der Waals surface area contributed by atoms with Gasteiger partial charge in [-0.25, -0.2) is 4.79 Å². The van der Waals surface area contributed by atoms with Crippen molar-refractivity contribution in [3.63, 3.8) is 0 Å². The Labute approximate surface area is 126 Å². The van der Waals surface area contributed by atoms with Crippen molar-refractivity contribution in [2.75, 3.05) is 31.6 Å². The Balaban J connectivity index is 2.06. The fourth-order valence-corrected chi connectivity index (χ4v) is 2.75. The summed E-state index contributed by atoms with van der Waals surface area (Å²) in [4.78, 5) is 13.6. The van der Waals surface area contributed by atoms with Crippen LogP contribution in [0.3, 0.4) is 0 Å². The second-order valence-electron chi connectivity index (χ2n) is 5.48. The third kappa shape index (κ3) is 4.11. The molecule has 1 heterocycles. The molecule has 2 N–H and O–H groups in total. The maximum atomic E-state index is 11.3. The number of nitrogens with zero attached hydrogens (tertiary/aromatic N) is 1. The number of anilines is 1. The van der Waals surface area contributed by atoms with E-state index in [4.69, 9.17) is 0 Å². The molecule has 0 aliphatic carbocycles. The summed E-state index contributed by atoms with van der Waals surface area (Å²) in [5, 5.41) is 6.28. The molecule has 0 aromatic heterocycles. The molecule has 0 bridgehead atoms. The zero-order valence-electron chi connectivity index (χ0n) is 13.1. The quantitative estimate of drug-likeness (QED) is 0.871. The van der Waals surface area contributed by atoms with Gasteiger partial charge >= 0.3 is 6.09 Å². The molecular formula is C16H25N3O2. The number of alkyl carbamates (subject to hydrolysis) is 1. The maximum absolute atomic E-state index is 11.3. The highest BCUT2D eigenvalue weighted by Crippen LogP contribution is 2.26. The van der Waals surface area contributed by atoms with Crippen LogP contribution < -0.4 is 15.5 Å². The van der Waals surface area contributed by atoms with E-state index in [1.54, 1.807) is 0 Å².